The molecule has 21 heavy (non-hydrogen) atoms. The number of aromatic nitrogens is 1. The summed E-state index contributed by atoms with van der Waals surface area (Å²) in [5.74, 6) is -0.0544. The van der Waals surface area contributed by atoms with Gasteiger partial charge in [0.2, 0.25) is 0 Å². The van der Waals surface area contributed by atoms with Gasteiger partial charge in [0.25, 0.3) is 5.91 Å². The number of carbonyl (C=O) groups excluding carboxylic acids is 1. The van der Waals surface area contributed by atoms with Crippen molar-refractivity contribution in [1.82, 2.24) is 15.2 Å². The van der Waals surface area contributed by atoms with E-state index in [4.69, 9.17) is 5.73 Å². The zero-order valence-corrected chi connectivity index (χ0v) is 14.8. The Balaban J connectivity index is 0.00000200. The molecular formula is C13H24Cl2N4OS. The number of hydrogen-bond acceptors (Lipinski definition) is 5. The molecule has 2 rings (SSSR count). The Bertz CT molecular complexity index is 444. The van der Waals surface area contributed by atoms with Crippen molar-refractivity contribution in [2.45, 2.75) is 38.3 Å². The number of thiazole rings is 1. The van der Waals surface area contributed by atoms with Crippen LogP contribution in [0.2, 0.25) is 0 Å². The molecule has 0 spiro atoms. The first-order valence-electron chi connectivity index (χ1n) is 6.75. The third-order valence-corrected chi connectivity index (χ3v) is 4.59. The predicted octanol–water partition coefficient (Wildman–Crippen LogP) is 1.70. The van der Waals surface area contributed by atoms with Gasteiger partial charge in [-0.15, -0.1) is 36.2 Å². The molecule has 3 N–H and O–H groups in total. The lowest BCUT2D eigenvalue weighted by atomic mass is 9.99. The Morgan fingerprint density at radius 2 is 2.29 bits per heavy atom. The van der Waals surface area contributed by atoms with Crippen LogP contribution in [-0.2, 0) is 6.42 Å². The zero-order valence-electron chi connectivity index (χ0n) is 12.4. The molecule has 1 aliphatic heterocycles. The molecule has 0 saturated carbocycles. The first kappa shape index (κ1) is 20.6. The third-order valence-electron chi connectivity index (χ3n) is 3.69. The highest BCUT2D eigenvalue weighted by Gasteiger charge is 2.24. The van der Waals surface area contributed by atoms with E-state index in [-0.39, 0.29) is 36.8 Å². The molecule has 1 amide bonds. The van der Waals surface area contributed by atoms with E-state index in [0.717, 1.165) is 30.8 Å². The molecule has 0 radical (unpaired) electrons. The van der Waals surface area contributed by atoms with Crippen molar-refractivity contribution in [3.8, 4) is 0 Å². The number of piperidine rings is 1. The van der Waals surface area contributed by atoms with Gasteiger partial charge in [0.05, 0.1) is 5.01 Å². The van der Waals surface area contributed by atoms with Crippen molar-refractivity contribution in [3.63, 3.8) is 0 Å². The van der Waals surface area contributed by atoms with Gasteiger partial charge in [0, 0.05) is 30.4 Å². The Labute approximate surface area is 142 Å². The first-order valence-corrected chi connectivity index (χ1v) is 7.63. The smallest absolute Gasteiger partial charge is 0.270 e. The maximum atomic E-state index is 12.1. The summed E-state index contributed by atoms with van der Waals surface area (Å²) in [6, 6.07) is 0.778. The van der Waals surface area contributed by atoms with Crippen LogP contribution >= 0.6 is 36.2 Å². The SMILES string of the molecule is CC1CC(NC(=O)c2csc(CCN)n2)CCN1C.Cl.Cl. The molecule has 2 atom stereocenters. The molecule has 1 aromatic rings. The molecule has 0 aromatic carbocycles. The molecular weight excluding hydrogens is 331 g/mol. The van der Waals surface area contributed by atoms with Crippen LogP contribution in [0.1, 0.15) is 35.3 Å². The molecule has 2 heterocycles. The Morgan fingerprint density at radius 3 is 2.90 bits per heavy atom. The van der Waals surface area contributed by atoms with Gasteiger partial charge in [0.15, 0.2) is 0 Å². The standard InChI is InChI=1S/C13H22N4OS.2ClH/c1-9-7-10(4-6-17(9)2)15-13(18)11-8-19-12(16-11)3-5-14;;/h8-10H,3-7,14H2,1-2H3,(H,15,18);2*1H. The van der Waals surface area contributed by atoms with Crippen molar-refractivity contribution in [3.05, 3.63) is 16.1 Å². The minimum Gasteiger partial charge on any atom is -0.348 e. The van der Waals surface area contributed by atoms with E-state index in [1.807, 2.05) is 5.38 Å². The normalized spacial score (nSPS) is 22.0. The highest BCUT2D eigenvalue weighted by molar-refractivity contribution is 7.09. The van der Waals surface area contributed by atoms with E-state index in [1.54, 1.807) is 0 Å². The van der Waals surface area contributed by atoms with Crippen LogP contribution in [-0.4, -0.2) is 48.0 Å². The summed E-state index contributed by atoms with van der Waals surface area (Å²) in [5, 5.41) is 5.84. The topological polar surface area (TPSA) is 71.2 Å². The lowest BCUT2D eigenvalue weighted by Crippen LogP contribution is -2.47. The largest absolute Gasteiger partial charge is 0.348 e. The van der Waals surface area contributed by atoms with E-state index < -0.39 is 0 Å². The maximum Gasteiger partial charge on any atom is 0.270 e. The van der Waals surface area contributed by atoms with Gasteiger partial charge in [-0.2, -0.15) is 0 Å². The summed E-state index contributed by atoms with van der Waals surface area (Å²) in [4.78, 5) is 18.7. The molecule has 122 valence electrons. The number of nitrogens with one attached hydrogen (secondary N) is 1. The van der Waals surface area contributed by atoms with Gasteiger partial charge < -0.3 is 16.0 Å². The number of rotatable bonds is 4. The number of hydrogen-bond donors (Lipinski definition) is 2. The van der Waals surface area contributed by atoms with E-state index in [1.165, 1.54) is 11.3 Å². The number of nitrogens with zero attached hydrogens (tertiary/aromatic N) is 2. The van der Waals surface area contributed by atoms with E-state index in [9.17, 15) is 4.79 Å². The first-order chi connectivity index (χ1) is 9.10. The molecule has 1 aromatic heterocycles. The summed E-state index contributed by atoms with van der Waals surface area (Å²) in [6.07, 6.45) is 2.75. The van der Waals surface area contributed by atoms with Crippen LogP contribution in [0.5, 0.6) is 0 Å². The van der Waals surface area contributed by atoms with E-state index >= 15 is 0 Å². The quantitative estimate of drug-likeness (QED) is 0.863. The van der Waals surface area contributed by atoms with Crippen LogP contribution in [0.25, 0.3) is 0 Å². The molecule has 1 fully saturated rings. The Morgan fingerprint density at radius 1 is 1.57 bits per heavy atom. The summed E-state index contributed by atoms with van der Waals surface area (Å²) >= 11 is 1.51. The van der Waals surface area contributed by atoms with Gasteiger partial charge in [-0.25, -0.2) is 4.98 Å². The highest BCUT2D eigenvalue weighted by atomic mass is 35.5. The minimum atomic E-state index is -0.0544. The number of carbonyl (C=O) groups is 1. The number of amides is 1. The maximum absolute atomic E-state index is 12.1. The monoisotopic (exact) mass is 354 g/mol. The van der Waals surface area contributed by atoms with E-state index in [2.05, 4.69) is 29.2 Å². The second-order valence-corrected chi connectivity index (χ2v) is 6.13. The lowest BCUT2D eigenvalue weighted by Gasteiger charge is -2.35. The molecule has 0 bridgehead atoms. The van der Waals surface area contributed by atoms with E-state index in [0.29, 0.717) is 18.3 Å². The predicted molar refractivity (Wildman–Crippen MR) is 91.9 cm³/mol. The van der Waals surface area contributed by atoms with Gasteiger partial charge in [-0.05, 0) is 33.4 Å². The molecule has 1 aliphatic rings. The fraction of sp³-hybridized carbons (Fsp3) is 0.692. The lowest BCUT2D eigenvalue weighted by molar-refractivity contribution is 0.0892. The van der Waals surface area contributed by atoms with Crippen LogP contribution in [0.15, 0.2) is 5.38 Å². The van der Waals surface area contributed by atoms with Gasteiger partial charge in [-0.1, -0.05) is 0 Å². The highest BCUT2D eigenvalue weighted by Crippen LogP contribution is 2.16. The van der Waals surface area contributed by atoms with Crippen molar-refractivity contribution < 1.29 is 4.79 Å². The average Bonchev–Trinajstić information content (AvgIpc) is 2.83. The van der Waals surface area contributed by atoms with Crippen LogP contribution < -0.4 is 11.1 Å². The van der Waals surface area contributed by atoms with Crippen molar-refractivity contribution in [2.75, 3.05) is 20.1 Å². The van der Waals surface area contributed by atoms with Gasteiger partial charge in [-0.3, -0.25) is 4.79 Å². The van der Waals surface area contributed by atoms with Crippen LogP contribution in [0.4, 0.5) is 0 Å². The Hall–Kier alpha value is -0.400. The van der Waals surface area contributed by atoms with Gasteiger partial charge in [0.1, 0.15) is 5.69 Å². The Kier molecular flexibility index (Phi) is 9.40. The number of nitrogens with two attached hydrogens (primary N) is 1. The summed E-state index contributed by atoms with van der Waals surface area (Å²) in [7, 11) is 2.13. The third kappa shape index (κ3) is 5.71. The fourth-order valence-electron chi connectivity index (χ4n) is 2.33. The molecule has 5 nitrogen and oxygen atoms in total. The number of halogens is 2. The van der Waals surface area contributed by atoms with Crippen molar-refractivity contribution >= 4 is 42.1 Å². The zero-order chi connectivity index (χ0) is 13.8. The second-order valence-electron chi connectivity index (χ2n) is 5.19. The molecule has 1 saturated heterocycles. The summed E-state index contributed by atoms with van der Waals surface area (Å²) in [6.45, 7) is 3.79. The van der Waals surface area contributed by atoms with Crippen LogP contribution in [0.3, 0.4) is 0 Å². The van der Waals surface area contributed by atoms with Gasteiger partial charge >= 0.3 is 0 Å². The minimum absolute atomic E-state index is 0. The fourth-order valence-corrected chi connectivity index (χ4v) is 3.13. The average molecular weight is 355 g/mol. The second kappa shape index (κ2) is 9.58. The van der Waals surface area contributed by atoms with Crippen LogP contribution in [0, 0.1) is 0 Å². The summed E-state index contributed by atoms with van der Waals surface area (Å²) in [5.41, 5.74) is 6.01. The number of likely N-dealkylation sites (tertiary alicyclic amines) is 1. The molecule has 8 heteroatoms. The molecule has 2 unspecified atom stereocenters. The van der Waals surface area contributed by atoms with Crippen molar-refractivity contribution in [1.29, 1.82) is 0 Å². The molecule has 0 aliphatic carbocycles. The summed E-state index contributed by atoms with van der Waals surface area (Å²) < 4.78 is 0. The van der Waals surface area contributed by atoms with Crippen molar-refractivity contribution in [2.24, 2.45) is 5.73 Å².